The number of ether oxygens (including phenoxy) is 1. The second-order valence-corrected chi connectivity index (χ2v) is 7.44. The zero-order valence-electron chi connectivity index (χ0n) is 18.5. The molecule has 0 aliphatic carbocycles. The van der Waals surface area contributed by atoms with Gasteiger partial charge >= 0.3 is 24.5 Å². The number of anilines is 2. The van der Waals surface area contributed by atoms with Crippen molar-refractivity contribution in [1.82, 2.24) is 9.55 Å². The van der Waals surface area contributed by atoms with Crippen LogP contribution in [-0.2, 0) is 19.1 Å². The van der Waals surface area contributed by atoms with Crippen LogP contribution in [0.3, 0.4) is 0 Å². The molecule has 4 N–H and O–H groups in total. The fourth-order valence-corrected chi connectivity index (χ4v) is 3.27. The molecule has 0 aliphatic heterocycles. The number of amides is 2. The molecule has 0 saturated heterocycles. The van der Waals surface area contributed by atoms with E-state index in [9.17, 15) is 46.1 Å². The molecule has 37 heavy (non-hydrogen) atoms. The van der Waals surface area contributed by atoms with Gasteiger partial charge in [0.15, 0.2) is 5.82 Å². The molecule has 1 aromatic heterocycles. The zero-order chi connectivity index (χ0) is 27.4. The zero-order valence-corrected chi connectivity index (χ0v) is 18.5. The largest absolute Gasteiger partial charge is 0.573 e. The van der Waals surface area contributed by atoms with Crippen LogP contribution in [0.15, 0.2) is 48.5 Å². The van der Waals surface area contributed by atoms with E-state index >= 15 is 0 Å². The lowest BCUT2D eigenvalue weighted by atomic mass is 10.1. The number of rotatable bonds is 8. The third-order valence-electron chi connectivity index (χ3n) is 4.81. The van der Waals surface area contributed by atoms with E-state index in [1.807, 2.05) is 0 Å². The lowest BCUT2D eigenvalue weighted by molar-refractivity contribution is -0.274. The molecule has 15 heteroatoms. The average Bonchev–Trinajstić information content (AvgIpc) is 3.11. The number of urea groups is 1. The molecule has 0 fully saturated rings. The lowest BCUT2D eigenvalue weighted by Crippen LogP contribution is -2.21. The van der Waals surface area contributed by atoms with Crippen LogP contribution in [-0.4, -0.2) is 44.7 Å². The first-order valence-corrected chi connectivity index (χ1v) is 10.3. The Morgan fingerprint density at radius 1 is 0.946 bits per heavy atom. The molecule has 0 radical (unpaired) electrons. The first-order valence-electron chi connectivity index (χ1n) is 10.3. The number of hydrogen-bond acceptors (Lipinski definition) is 5. The van der Waals surface area contributed by atoms with Crippen LogP contribution in [0.4, 0.5) is 42.6 Å². The van der Waals surface area contributed by atoms with Crippen LogP contribution >= 0.6 is 0 Å². The van der Waals surface area contributed by atoms with Crippen molar-refractivity contribution in [3.63, 3.8) is 0 Å². The highest BCUT2D eigenvalue weighted by Crippen LogP contribution is 2.30. The van der Waals surface area contributed by atoms with Gasteiger partial charge in [-0.3, -0.25) is 5.32 Å². The van der Waals surface area contributed by atoms with Gasteiger partial charge in [0.2, 0.25) is 5.82 Å². The number of carboxylic acid groups (broad SMARTS) is 1. The van der Waals surface area contributed by atoms with Gasteiger partial charge in [-0.05, 0) is 42.0 Å². The molecule has 3 aromatic rings. The summed E-state index contributed by atoms with van der Waals surface area (Å²) < 4.78 is 80.2. The number of halogens is 6. The molecule has 0 unspecified atom stereocenters. The van der Waals surface area contributed by atoms with Crippen molar-refractivity contribution in [2.24, 2.45) is 0 Å². The lowest BCUT2D eigenvalue weighted by Gasteiger charge is -2.13. The predicted molar refractivity (Wildman–Crippen MR) is 116 cm³/mol. The van der Waals surface area contributed by atoms with Gasteiger partial charge in [0.05, 0.1) is 11.3 Å². The van der Waals surface area contributed by atoms with Gasteiger partial charge in [0.1, 0.15) is 5.75 Å². The third kappa shape index (κ3) is 7.36. The van der Waals surface area contributed by atoms with Crippen LogP contribution in [0.2, 0.25) is 0 Å². The van der Waals surface area contributed by atoms with Crippen LogP contribution in [0, 0.1) is 0 Å². The van der Waals surface area contributed by atoms with Crippen LogP contribution in [0.1, 0.15) is 27.4 Å². The molecule has 0 spiro atoms. The van der Waals surface area contributed by atoms with Gasteiger partial charge in [-0.1, -0.05) is 12.1 Å². The van der Waals surface area contributed by atoms with Crippen LogP contribution in [0.25, 0.3) is 0 Å². The Morgan fingerprint density at radius 3 is 2.08 bits per heavy atom. The van der Waals surface area contributed by atoms with E-state index in [1.54, 1.807) is 0 Å². The summed E-state index contributed by atoms with van der Waals surface area (Å²) in [4.78, 5) is 28.1. The van der Waals surface area contributed by atoms with E-state index in [-0.39, 0.29) is 30.2 Å². The normalized spacial score (nSPS) is 11.8. The molecule has 2 aromatic carbocycles. The monoisotopic (exact) mass is 532 g/mol. The number of aromatic nitrogens is 2. The summed E-state index contributed by atoms with van der Waals surface area (Å²) >= 11 is 0. The van der Waals surface area contributed by atoms with Gasteiger partial charge in [0, 0.05) is 25.3 Å². The number of carbonyl (C=O) groups is 2. The average molecular weight is 532 g/mol. The summed E-state index contributed by atoms with van der Waals surface area (Å²) in [6.07, 6.45) is -9.62. The smallest absolute Gasteiger partial charge is 0.475 e. The minimum atomic E-state index is -4.89. The highest BCUT2D eigenvalue weighted by Gasteiger charge is 2.31. The van der Waals surface area contributed by atoms with Crippen LogP contribution < -0.4 is 15.4 Å². The van der Waals surface area contributed by atoms with Gasteiger partial charge < -0.3 is 24.8 Å². The molecule has 198 valence electrons. The summed E-state index contributed by atoms with van der Waals surface area (Å²) in [5.74, 6) is -2.81. The molecule has 0 aliphatic rings. The van der Waals surface area contributed by atoms with Crippen molar-refractivity contribution in [2.75, 3.05) is 17.2 Å². The summed E-state index contributed by atoms with van der Waals surface area (Å²) in [6, 6.07) is 7.21. The molecule has 0 atom stereocenters. The second-order valence-electron chi connectivity index (χ2n) is 7.44. The molecule has 2 amide bonds. The molecular weight excluding hydrogens is 514 g/mol. The number of carboxylic acids is 1. The third-order valence-corrected chi connectivity index (χ3v) is 4.81. The highest BCUT2D eigenvalue weighted by atomic mass is 19.4. The van der Waals surface area contributed by atoms with Crippen molar-refractivity contribution in [3.05, 3.63) is 71.2 Å². The van der Waals surface area contributed by atoms with Gasteiger partial charge in [-0.15, -0.1) is 13.2 Å². The van der Waals surface area contributed by atoms with E-state index in [0.29, 0.717) is 5.56 Å². The maximum atomic E-state index is 12.8. The fraction of sp³-hybridized carbons (Fsp3) is 0.227. The summed E-state index contributed by atoms with van der Waals surface area (Å²) in [7, 11) is 0. The van der Waals surface area contributed by atoms with E-state index in [4.69, 9.17) is 0 Å². The SMILES string of the molecule is O=C(Nc1ccc(OC(F)(F)F)cc1)Nc1nc(C(=O)O)n(Cc2ccc(C(F)(F)F)cc2)c1CCO. The minimum Gasteiger partial charge on any atom is -0.475 e. The Kier molecular flexibility index (Phi) is 7.96. The molecule has 9 nitrogen and oxygen atoms in total. The van der Waals surface area contributed by atoms with Gasteiger partial charge in [-0.25, -0.2) is 14.6 Å². The molecular formula is C22H18F6N4O5. The Labute approximate surface area is 204 Å². The van der Waals surface area contributed by atoms with E-state index in [0.717, 1.165) is 53.1 Å². The second kappa shape index (κ2) is 10.8. The summed E-state index contributed by atoms with van der Waals surface area (Å²) in [5, 5.41) is 23.6. The Balaban J connectivity index is 1.82. The number of imidazole rings is 1. The van der Waals surface area contributed by atoms with Gasteiger partial charge in [-0.2, -0.15) is 13.2 Å². The first kappa shape index (κ1) is 27.3. The minimum absolute atomic E-state index is 0.0679. The number of benzene rings is 2. The number of nitrogens with zero attached hydrogens (tertiary/aromatic N) is 2. The number of hydrogen-bond donors (Lipinski definition) is 4. The number of carbonyl (C=O) groups excluding carboxylic acids is 1. The Hall–Kier alpha value is -4.27. The Bertz CT molecular complexity index is 1250. The van der Waals surface area contributed by atoms with Crippen molar-refractivity contribution >= 4 is 23.5 Å². The number of aliphatic hydroxyl groups excluding tert-OH is 1. The molecule has 0 saturated carbocycles. The van der Waals surface area contributed by atoms with Crippen molar-refractivity contribution in [1.29, 1.82) is 0 Å². The van der Waals surface area contributed by atoms with E-state index in [1.165, 1.54) is 0 Å². The maximum absolute atomic E-state index is 12.8. The molecule has 3 rings (SSSR count). The van der Waals surface area contributed by atoms with Crippen molar-refractivity contribution in [2.45, 2.75) is 25.5 Å². The molecule has 1 heterocycles. The quantitative estimate of drug-likeness (QED) is 0.311. The summed E-state index contributed by atoms with van der Waals surface area (Å²) in [6.45, 7) is -0.708. The van der Waals surface area contributed by atoms with Crippen LogP contribution in [0.5, 0.6) is 5.75 Å². The van der Waals surface area contributed by atoms with E-state index < -0.39 is 48.3 Å². The number of nitrogens with one attached hydrogen (secondary N) is 2. The topological polar surface area (TPSA) is 126 Å². The van der Waals surface area contributed by atoms with E-state index in [2.05, 4.69) is 20.4 Å². The number of aliphatic hydroxyl groups is 1. The predicted octanol–water partition coefficient (Wildman–Crippen LogP) is 4.73. The number of aromatic carboxylic acids is 1. The summed E-state index contributed by atoms with van der Waals surface area (Å²) in [5.41, 5.74) is -0.459. The van der Waals surface area contributed by atoms with Crippen molar-refractivity contribution < 1.29 is 50.9 Å². The Morgan fingerprint density at radius 2 is 1.57 bits per heavy atom. The first-order chi connectivity index (χ1) is 17.3. The maximum Gasteiger partial charge on any atom is 0.573 e. The standard InChI is InChI=1S/C22H18F6N4O5/c23-21(24,25)13-3-1-12(2-4-13)11-32-16(9-10-33)17(30-18(32)19(34)35)31-20(36)29-14-5-7-15(8-6-14)37-22(26,27)28/h1-8,33H,9-11H2,(H,34,35)(H2,29,31,36). The van der Waals surface area contributed by atoms with Crippen molar-refractivity contribution in [3.8, 4) is 5.75 Å². The van der Waals surface area contributed by atoms with Gasteiger partial charge in [0.25, 0.3) is 0 Å². The number of alkyl halides is 6. The highest BCUT2D eigenvalue weighted by molar-refractivity contribution is 6.00. The fourth-order valence-electron chi connectivity index (χ4n) is 3.27. The molecule has 0 bridgehead atoms.